The van der Waals surface area contributed by atoms with Crippen LogP contribution in [0.25, 0.3) is 0 Å². The molecule has 2 unspecified atom stereocenters. The van der Waals surface area contributed by atoms with Crippen LogP contribution < -0.4 is 10.0 Å². The van der Waals surface area contributed by atoms with Gasteiger partial charge < -0.3 is 10.2 Å². The van der Waals surface area contributed by atoms with Crippen LogP contribution in [0.15, 0.2) is 0 Å². The smallest absolute Gasteiger partial charge is 0.224 e. The van der Waals surface area contributed by atoms with Crippen molar-refractivity contribution in [3.63, 3.8) is 0 Å². The molecule has 2 atom stereocenters. The molecular weight excluding hydrogens is 358 g/mol. The second-order valence-electron chi connectivity index (χ2n) is 6.12. The molecule has 2 heterocycles. The monoisotopic (exact) mass is 385 g/mol. The highest BCUT2D eigenvalue weighted by Crippen LogP contribution is 2.21. The molecule has 0 aromatic heterocycles. The summed E-state index contributed by atoms with van der Waals surface area (Å²) in [7, 11) is -3.15. The zero-order valence-corrected chi connectivity index (χ0v) is 16.1. The van der Waals surface area contributed by atoms with Crippen LogP contribution in [0, 0.1) is 0 Å². The number of carbonyl (C=O) groups is 1. The van der Waals surface area contributed by atoms with Gasteiger partial charge >= 0.3 is 0 Å². The zero-order chi connectivity index (χ0) is 16.0. The minimum Gasteiger partial charge on any atom is -0.340 e. The third kappa shape index (κ3) is 7.60. The highest BCUT2D eigenvalue weighted by atomic mass is 35.5. The lowest BCUT2D eigenvalue weighted by molar-refractivity contribution is -0.135. The molecule has 0 spiro atoms. The summed E-state index contributed by atoms with van der Waals surface area (Å²) in [5.74, 6) is 2.33. The van der Waals surface area contributed by atoms with E-state index in [0.717, 1.165) is 43.9 Å². The summed E-state index contributed by atoms with van der Waals surface area (Å²) in [5, 5.41) is 3.41. The third-order valence-corrected chi connectivity index (χ3v) is 6.07. The van der Waals surface area contributed by atoms with Gasteiger partial charge in [-0.3, -0.25) is 4.79 Å². The molecule has 0 aliphatic carbocycles. The second kappa shape index (κ2) is 10.1. The average Bonchev–Trinajstić information content (AvgIpc) is 2.47. The molecule has 2 aliphatic heterocycles. The molecular formula is C14H28ClN3O3S2. The van der Waals surface area contributed by atoms with Gasteiger partial charge in [0, 0.05) is 49.6 Å². The average molecular weight is 386 g/mol. The largest absolute Gasteiger partial charge is 0.340 e. The lowest BCUT2D eigenvalue weighted by atomic mass is 9.98. The number of sulfonamides is 1. The van der Waals surface area contributed by atoms with E-state index in [1.807, 2.05) is 16.7 Å². The Morgan fingerprint density at radius 1 is 1.39 bits per heavy atom. The van der Waals surface area contributed by atoms with Crippen molar-refractivity contribution in [3.8, 4) is 0 Å². The van der Waals surface area contributed by atoms with Crippen LogP contribution in [-0.2, 0) is 14.8 Å². The number of nitrogens with one attached hydrogen (secondary N) is 2. The van der Waals surface area contributed by atoms with Gasteiger partial charge in [-0.2, -0.15) is 11.8 Å². The van der Waals surface area contributed by atoms with Crippen molar-refractivity contribution in [3.05, 3.63) is 0 Å². The molecule has 136 valence electrons. The number of hydrogen-bond donors (Lipinski definition) is 2. The van der Waals surface area contributed by atoms with E-state index in [4.69, 9.17) is 0 Å². The van der Waals surface area contributed by atoms with Gasteiger partial charge in [0.25, 0.3) is 0 Å². The predicted molar refractivity (Wildman–Crippen MR) is 97.8 cm³/mol. The second-order valence-corrected chi connectivity index (χ2v) is 9.10. The van der Waals surface area contributed by atoms with Crippen LogP contribution in [0.4, 0.5) is 0 Å². The van der Waals surface area contributed by atoms with Crippen molar-refractivity contribution in [2.75, 3.05) is 37.4 Å². The van der Waals surface area contributed by atoms with Crippen LogP contribution in [0.2, 0.25) is 0 Å². The molecule has 23 heavy (non-hydrogen) atoms. The molecule has 2 saturated heterocycles. The third-order valence-electron chi connectivity index (χ3n) is 4.21. The standard InChI is InChI=1S/C14H27N3O3S2.ClH/c1-22(19,20)16-6-5-13-4-2-3-8-17(13)14(18)10-12-11-21-9-7-15-12;/h12-13,15-16H,2-11H2,1H3;1H. The van der Waals surface area contributed by atoms with Crippen molar-refractivity contribution >= 4 is 40.1 Å². The van der Waals surface area contributed by atoms with Gasteiger partial charge in [-0.25, -0.2) is 13.1 Å². The van der Waals surface area contributed by atoms with Crippen LogP contribution in [0.3, 0.4) is 0 Å². The van der Waals surface area contributed by atoms with E-state index in [2.05, 4.69) is 10.0 Å². The number of hydrogen-bond acceptors (Lipinski definition) is 5. The lowest BCUT2D eigenvalue weighted by Gasteiger charge is -2.37. The summed E-state index contributed by atoms with van der Waals surface area (Å²) in [6.07, 6.45) is 5.57. The molecule has 6 nitrogen and oxygen atoms in total. The van der Waals surface area contributed by atoms with Crippen molar-refractivity contribution in [2.45, 2.75) is 44.2 Å². The maximum atomic E-state index is 12.6. The van der Waals surface area contributed by atoms with Crippen molar-refractivity contribution in [1.29, 1.82) is 0 Å². The van der Waals surface area contributed by atoms with Gasteiger partial charge in [0.15, 0.2) is 0 Å². The van der Waals surface area contributed by atoms with E-state index >= 15 is 0 Å². The van der Waals surface area contributed by atoms with Gasteiger partial charge in [0.1, 0.15) is 0 Å². The van der Waals surface area contributed by atoms with Crippen LogP contribution in [-0.4, -0.2) is 68.7 Å². The fraction of sp³-hybridized carbons (Fsp3) is 0.929. The quantitative estimate of drug-likeness (QED) is 0.707. The minimum absolute atomic E-state index is 0. The maximum Gasteiger partial charge on any atom is 0.224 e. The van der Waals surface area contributed by atoms with Gasteiger partial charge in [0.2, 0.25) is 15.9 Å². The summed E-state index contributed by atoms with van der Waals surface area (Å²) < 4.78 is 24.8. The molecule has 0 bridgehead atoms. The number of likely N-dealkylation sites (tertiary alicyclic amines) is 1. The van der Waals surface area contributed by atoms with E-state index in [1.54, 1.807) is 0 Å². The minimum atomic E-state index is -3.15. The maximum absolute atomic E-state index is 12.6. The summed E-state index contributed by atoms with van der Waals surface area (Å²) in [4.78, 5) is 14.6. The molecule has 1 amide bonds. The number of nitrogens with zero attached hydrogens (tertiary/aromatic N) is 1. The Kier molecular flexibility index (Phi) is 9.21. The van der Waals surface area contributed by atoms with Crippen molar-refractivity contribution < 1.29 is 13.2 Å². The van der Waals surface area contributed by atoms with Crippen LogP contribution in [0.5, 0.6) is 0 Å². The number of thioether (sulfide) groups is 1. The topological polar surface area (TPSA) is 78.5 Å². The molecule has 2 fully saturated rings. The Labute approximate surface area is 150 Å². The fourth-order valence-corrected chi connectivity index (χ4v) is 4.56. The summed E-state index contributed by atoms with van der Waals surface area (Å²) in [6, 6.07) is 0.453. The SMILES string of the molecule is CS(=O)(=O)NCCC1CCCCN1C(=O)CC1CSCCN1.Cl. The predicted octanol–water partition coefficient (Wildman–Crippen LogP) is 0.824. The highest BCUT2D eigenvalue weighted by molar-refractivity contribution is 7.99. The fourth-order valence-electron chi connectivity index (χ4n) is 3.12. The zero-order valence-electron chi connectivity index (χ0n) is 13.6. The molecule has 2 aliphatic rings. The van der Waals surface area contributed by atoms with Crippen molar-refractivity contribution in [2.24, 2.45) is 0 Å². The Bertz CT molecular complexity index is 470. The van der Waals surface area contributed by atoms with Gasteiger partial charge in [0.05, 0.1) is 6.26 Å². The molecule has 9 heteroatoms. The first-order valence-electron chi connectivity index (χ1n) is 8.01. The van der Waals surface area contributed by atoms with E-state index < -0.39 is 10.0 Å². The van der Waals surface area contributed by atoms with E-state index in [1.165, 1.54) is 6.26 Å². The van der Waals surface area contributed by atoms with Crippen LogP contribution in [0.1, 0.15) is 32.1 Å². The Hall–Kier alpha value is -0.0200. The van der Waals surface area contributed by atoms with E-state index in [-0.39, 0.29) is 30.4 Å². The highest BCUT2D eigenvalue weighted by Gasteiger charge is 2.28. The van der Waals surface area contributed by atoms with E-state index in [9.17, 15) is 13.2 Å². The molecule has 2 rings (SSSR count). The Balaban J connectivity index is 0.00000264. The molecule has 2 N–H and O–H groups in total. The molecule has 0 aromatic carbocycles. The number of rotatable bonds is 6. The molecule has 0 aromatic rings. The van der Waals surface area contributed by atoms with Gasteiger partial charge in [-0.1, -0.05) is 0 Å². The normalized spacial score (nSPS) is 25.7. The number of carbonyl (C=O) groups excluding carboxylic acids is 1. The number of halogens is 1. The first kappa shape index (κ1) is 21.0. The first-order chi connectivity index (χ1) is 10.5. The molecule has 0 radical (unpaired) electrons. The Morgan fingerprint density at radius 2 is 2.17 bits per heavy atom. The van der Waals surface area contributed by atoms with Crippen LogP contribution >= 0.6 is 24.2 Å². The van der Waals surface area contributed by atoms with E-state index in [0.29, 0.717) is 19.4 Å². The van der Waals surface area contributed by atoms with Gasteiger partial charge in [-0.05, 0) is 25.7 Å². The first-order valence-corrected chi connectivity index (χ1v) is 11.1. The lowest BCUT2D eigenvalue weighted by Crippen LogP contribution is -2.48. The summed E-state index contributed by atoms with van der Waals surface area (Å²) >= 11 is 1.90. The Morgan fingerprint density at radius 3 is 2.83 bits per heavy atom. The van der Waals surface area contributed by atoms with Gasteiger partial charge in [-0.15, -0.1) is 12.4 Å². The van der Waals surface area contributed by atoms with Crippen molar-refractivity contribution in [1.82, 2.24) is 14.9 Å². The summed E-state index contributed by atoms with van der Waals surface area (Å²) in [5.41, 5.74) is 0. The summed E-state index contributed by atoms with van der Waals surface area (Å²) in [6.45, 7) is 2.19. The molecule has 0 saturated carbocycles. The number of piperidine rings is 1. The number of amides is 1.